The second-order valence-electron chi connectivity index (χ2n) is 6.06. The normalized spacial score (nSPS) is 18.6. The highest BCUT2D eigenvalue weighted by atomic mass is 16.2. The third-order valence-electron chi connectivity index (χ3n) is 4.67. The fourth-order valence-corrected chi connectivity index (χ4v) is 3.29. The van der Waals surface area contributed by atoms with E-state index in [9.17, 15) is 9.59 Å². The zero-order chi connectivity index (χ0) is 16.4. The number of nitrogens with zero attached hydrogens (tertiary/aromatic N) is 4. The van der Waals surface area contributed by atoms with Crippen LogP contribution in [-0.4, -0.2) is 54.9 Å². The first-order valence-electron chi connectivity index (χ1n) is 8.00. The lowest BCUT2D eigenvalue weighted by molar-refractivity contribution is -0.131. The van der Waals surface area contributed by atoms with Crippen molar-refractivity contribution in [2.75, 3.05) is 43.0 Å². The van der Waals surface area contributed by atoms with E-state index in [1.165, 1.54) is 6.08 Å². The quantitative estimate of drug-likeness (QED) is 0.772. The number of carbonyl (C=O) groups excluding carboxylic acids is 2. The molecule has 0 unspecified atom stereocenters. The van der Waals surface area contributed by atoms with Crippen LogP contribution in [0.2, 0.25) is 0 Å². The summed E-state index contributed by atoms with van der Waals surface area (Å²) < 4.78 is 0. The van der Waals surface area contributed by atoms with Crippen LogP contribution in [0.3, 0.4) is 0 Å². The maximum absolute atomic E-state index is 12.9. The van der Waals surface area contributed by atoms with Gasteiger partial charge in [-0.05, 0) is 31.1 Å². The minimum Gasteiger partial charge on any atom is -0.356 e. The molecule has 0 N–H and O–H groups in total. The van der Waals surface area contributed by atoms with Crippen LogP contribution in [0, 0.1) is 5.92 Å². The SMILES string of the molecule is C=CC(=O)N1CCC(C(=O)N2CCN(C)c3ncccc32)CC1. The molecule has 0 atom stereocenters. The van der Waals surface area contributed by atoms with Crippen molar-refractivity contribution in [3.8, 4) is 0 Å². The first kappa shape index (κ1) is 15.5. The topological polar surface area (TPSA) is 56.8 Å². The largest absolute Gasteiger partial charge is 0.356 e. The number of rotatable bonds is 2. The number of fused-ring (bicyclic) bond motifs is 1. The van der Waals surface area contributed by atoms with Gasteiger partial charge in [-0.1, -0.05) is 6.58 Å². The molecule has 2 amide bonds. The average molecular weight is 314 g/mol. The molecule has 0 radical (unpaired) electrons. The van der Waals surface area contributed by atoms with E-state index in [1.807, 2.05) is 24.1 Å². The minimum atomic E-state index is -0.0509. The third-order valence-corrected chi connectivity index (χ3v) is 4.67. The van der Waals surface area contributed by atoms with Crippen LogP contribution < -0.4 is 9.80 Å². The summed E-state index contributed by atoms with van der Waals surface area (Å²) in [5.74, 6) is 0.926. The van der Waals surface area contributed by atoms with Crippen LogP contribution in [0.4, 0.5) is 11.5 Å². The molecule has 6 heteroatoms. The Hall–Kier alpha value is -2.37. The van der Waals surface area contributed by atoms with Gasteiger partial charge >= 0.3 is 0 Å². The highest BCUT2D eigenvalue weighted by Crippen LogP contribution is 2.32. The summed E-state index contributed by atoms with van der Waals surface area (Å²) in [6, 6.07) is 3.82. The second-order valence-corrected chi connectivity index (χ2v) is 6.06. The van der Waals surface area contributed by atoms with Crippen LogP contribution in [0.25, 0.3) is 0 Å². The summed E-state index contributed by atoms with van der Waals surface area (Å²) in [6.07, 6.45) is 4.51. The number of carbonyl (C=O) groups is 2. The fourth-order valence-electron chi connectivity index (χ4n) is 3.29. The predicted octanol–water partition coefficient (Wildman–Crippen LogP) is 1.29. The minimum absolute atomic E-state index is 0.0275. The molecule has 0 aliphatic carbocycles. The number of hydrogen-bond acceptors (Lipinski definition) is 4. The zero-order valence-corrected chi connectivity index (χ0v) is 13.4. The van der Waals surface area contributed by atoms with Gasteiger partial charge in [-0.3, -0.25) is 9.59 Å². The molecule has 1 fully saturated rings. The van der Waals surface area contributed by atoms with Gasteiger partial charge in [-0.15, -0.1) is 0 Å². The fraction of sp³-hybridized carbons (Fsp3) is 0.471. The zero-order valence-electron chi connectivity index (χ0n) is 13.4. The second kappa shape index (κ2) is 6.40. The van der Waals surface area contributed by atoms with Crippen molar-refractivity contribution < 1.29 is 9.59 Å². The standard InChI is InChI=1S/C17H22N4O2/c1-3-15(22)20-9-6-13(7-10-20)17(23)21-12-11-19(2)16-14(21)5-4-8-18-16/h3-5,8,13H,1,6-7,9-12H2,2H3. The number of pyridine rings is 1. The molecule has 122 valence electrons. The van der Waals surface area contributed by atoms with Crippen LogP contribution in [-0.2, 0) is 9.59 Å². The van der Waals surface area contributed by atoms with Gasteiger partial charge in [0, 0.05) is 45.3 Å². The Labute approximate surface area is 136 Å². The average Bonchev–Trinajstić information content (AvgIpc) is 2.61. The summed E-state index contributed by atoms with van der Waals surface area (Å²) >= 11 is 0. The monoisotopic (exact) mass is 314 g/mol. The molecule has 23 heavy (non-hydrogen) atoms. The molecule has 0 saturated carbocycles. The van der Waals surface area contributed by atoms with Gasteiger partial charge in [0.1, 0.15) is 0 Å². The molecule has 2 aliphatic heterocycles. The van der Waals surface area contributed by atoms with E-state index in [4.69, 9.17) is 0 Å². The number of piperidine rings is 1. The summed E-state index contributed by atoms with van der Waals surface area (Å²) in [4.78, 5) is 34.7. The predicted molar refractivity (Wildman–Crippen MR) is 89.4 cm³/mol. The van der Waals surface area contributed by atoms with E-state index in [0.717, 1.165) is 18.1 Å². The molecule has 0 bridgehead atoms. The molecule has 0 aromatic carbocycles. The Bertz CT molecular complexity index is 623. The Balaban J connectivity index is 1.71. The van der Waals surface area contributed by atoms with Gasteiger partial charge in [0.2, 0.25) is 11.8 Å². The van der Waals surface area contributed by atoms with Gasteiger partial charge in [0.05, 0.1) is 5.69 Å². The highest BCUT2D eigenvalue weighted by Gasteiger charge is 2.33. The van der Waals surface area contributed by atoms with E-state index >= 15 is 0 Å². The number of likely N-dealkylation sites (tertiary alicyclic amines) is 1. The van der Waals surface area contributed by atoms with Crippen LogP contribution in [0.15, 0.2) is 31.0 Å². The maximum atomic E-state index is 12.9. The summed E-state index contributed by atoms with van der Waals surface area (Å²) in [7, 11) is 1.99. The number of likely N-dealkylation sites (N-methyl/N-ethyl adjacent to an activating group) is 1. The van der Waals surface area contributed by atoms with Crippen LogP contribution >= 0.6 is 0 Å². The Morgan fingerprint density at radius 1 is 1.26 bits per heavy atom. The van der Waals surface area contributed by atoms with E-state index in [0.29, 0.717) is 32.5 Å². The Morgan fingerprint density at radius 2 is 2.00 bits per heavy atom. The summed E-state index contributed by atoms with van der Waals surface area (Å²) in [6.45, 7) is 6.22. The van der Waals surface area contributed by atoms with Gasteiger partial charge in [0.25, 0.3) is 0 Å². The van der Waals surface area contributed by atoms with Gasteiger partial charge < -0.3 is 14.7 Å². The van der Waals surface area contributed by atoms with E-state index in [2.05, 4.69) is 16.5 Å². The van der Waals surface area contributed by atoms with Crippen molar-refractivity contribution in [2.45, 2.75) is 12.8 Å². The number of hydrogen-bond donors (Lipinski definition) is 0. The lowest BCUT2D eigenvalue weighted by Gasteiger charge is -2.38. The van der Waals surface area contributed by atoms with E-state index in [1.54, 1.807) is 11.1 Å². The van der Waals surface area contributed by atoms with Gasteiger partial charge in [-0.2, -0.15) is 0 Å². The van der Waals surface area contributed by atoms with E-state index in [-0.39, 0.29) is 17.7 Å². The molecule has 1 aromatic heterocycles. The first-order valence-corrected chi connectivity index (χ1v) is 8.00. The van der Waals surface area contributed by atoms with Crippen molar-refractivity contribution in [3.63, 3.8) is 0 Å². The van der Waals surface area contributed by atoms with Crippen molar-refractivity contribution in [1.82, 2.24) is 9.88 Å². The Kier molecular flexibility index (Phi) is 4.32. The van der Waals surface area contributed by atoms with Gasteiger partial charge in [0.15, 0.2) is 5.82 Å². The number of anilines is 2. The maximum Gasteiger partial charge on any atom is 0.245 e. The van der Waals surface area contributed by atoms with Crippen molar-refractivity contribution in [2.24, 2.45) is 5.92 Å². The lowest BCUT2D eigenvalue weighted by atomic mass is 9.94. The molecular formula is C17H22N4O2. The van der Waals surface area contributed by atoms with Crippen LogP contribution in [0.1, 0.15) is 12.8 Å². The molecule has 1 aromatic rings. The summed E-state index contributed by atoms with van der Waals surface area (Å²) in [5, 5.41) is 0. The molecule has 2 aliphatic rings. The molecule has 1 saturated heterocycles. The molecular weight excluding hydrogens is 292 g/mol. The molecule has 3 heterocycles. The highest BCUT2D eigenvalue weighted by molar-refractivity contribution is 5.98. The summed E-state index contributed by atoms with van der Waals surface area (Å²) in [5.41, 5.74) is 0.885. The first-order chi connectivity index (χ1) is 11.1. The third kappa shape index (κ3) is 2.93. The van der Waals surface area contributed by atoms with Gasteiger partial charge in [-0.25, -0.2) is 4.98 Å². The van der Waals surface area contributed by atoms with Crippen molar-refractivity contribution in [3.05, 3.63) is 31.0 Å². The lowest BCUT2D eigenvalue weighted by Crippen LogP contribution is -2.48. The number of aromatic nitrogens is 1. The smallest absolute Gasteiger partial charge is 0.245 e. The molecule has 6 nitrogen and oxygen atoms in total. The number of amides is 2. The van der Waals surface area contributed by atoms with E-state index < -0.39 is 0 Å². The Morgan fingerprint density at radius 3 is 2.70 bits per heavy atom. The van der Waals surface area contributed by atoms with Crippen molar-refractivity contribution >= 4 is 23.3 Å². The molecule has 3 rings (SSSR count). The van der Waals surface area contributed by atoms with Crippen molar-refractivity contribution in [1.29, 1.82) is 0 Å². The van der Waals surface area contributed by atoms with Crippen LogP contribution in [0.5, 0.6) is 0 Å². The molecule has 0 spiro atoms.